The van der Waals surface area contributed by atoms with Crippen molar-refractivity contribution in [2.24, 2.45) is 5.73 Å². The topological polar surface area (TPSA) is 55.0 Å². The molecule has 0 saturated heterocycles. The molecule has 0 aromatic carbocycles. The summed E-state index contributed by atoms with van der Waals surface area (Å²) in [5.74, 6) is 1.04. The van der Waals surface area contributed by atoms with Crippen LogP contribution in [0.2, 0.25) is 0 Å². The number of hydrogen-bond acceptors (Lipinski definition) is 5. The molecule has 2 N–H and O–H groups in total. The Kier molecular flexibility index (Phi) is 4.49. The fraction of sp³-hybridized carbons (Fsp3) is 0.538. The molecular formula is C13H20N4S. The van der Waals surface area contributed by atoms with Gasteiger partial charge in [-0.25, -0.2) is 9.97 Å². The smallest absolute Gasteiger partial charge is 0.150 e. The molecule has 2 heterocycles. The highest BCUT2D eigenvalue weighted by Gasteiger charge is 2.19. The fourth-order valence-electron chi connectivity index (χ4n) is 2.31. The van der Waals surface area contributed by atoms with E-state index in [0.717, 1.165) is 35.4 Å². The van der Waals surface area contributed by atoms with Crippen LogP contribution in [-0.4, -0.2) is 29.1 Å². The average Bonchev–Trinajstić information content (AvgIpc) is 2.87. The summed E-state index contributed by atoms with van der Waals surface area (Å²) in [6, 6.07) is 2.53. The molecule has 0 radical (unpaired) electrons. The first-order chi connectivity index (χ1) is 8.81. The number of thiophene rings is 1. The molecule has 0 bridgehead atoms. The van der Waals surface area contributed by atoms with E-state index >= 15 is 0 Å². The zero-order valence-electron chi connectivity index (χ0n) is 11.0. The Balaban J connectivity index is 2.43. The molecule has 5 heteroatoms. The van der Waals surface area contributed by atoms with Crippen LogP contribution in [-0.2, 0) is 0 Å². The number of fused-ring (bicyclic) bond motifs is 1. The minimum Gasteiger partial charge on any atom is -0.351 e. The molecule has 0 aliphatic rings. The van der Waals surface area contributed by atoms with E-state index < -0.39 is 0 Å². The molecular weight excluding hydrogens is 244 g/mol. The van der Waals surface area contributed by atoms with E-state index in [0.29, 0.717) is 12.6 Å². The Morgan fingerprint density at radius 3 is 2.78 bits per heavy atom. The van der Waals surface area contributed by atoms with E-state index in [9.17, 15) is 0 Å². The Morgan fingerprint density at radius 1 is 1.33 bits per heavy atom. The molecule has 0 unspecified atom stereocenters. The van der Waals surface area contributed by atoms with Crippen molar-refractivity contribution in [3.63, 3.8) is 0 Å². The first-order valence-electron chi connectivity index (χ1n) is 6.46. The van der Waals surface area contributed by atoms with Crippen LogP contribution in [0.15, 0.2) is 17.8 Å². The Labute approximate surface area is 112 Å². The van der Waals surface area contributed by atoms with E-state index in [1.54, 1.807) is 17.7 Å². The average molecular weight is 264 g/mol. The van der Waals surface area contributed by atoms with Crippen molar-refractivity contribution in [3.8, 4) is 0 Å². The van der Waals surface area contributed by atoms with Gasteiger partial charge in [0, 0.05) is 19.1 Å². The van der Waals surface area contributed by atoms with Gasteiger partial charge in [0.1, 0.15) is 12.1 Å². The minimum atomic E-state index is 0.494. The van der Waals surface area contributed by atoms with Gasteiger partial charge in [0.2, 0.25) is 0 Å². The lowest BCUT2D eigenvalue weighted by Gasteiger charge is -2.31. The molecule has 2 rings (SSSR count). The van der Waals surface area contributed by atoms with Crippen molar-refractivity contribution < 1.29 is 0 Å². The highest BCUT2D eigenvalue weighted by molar-refractivity contribution is 7.17. The standard InChI is InChI=1S/C13H20N4S/c1-3-10(4-2)17(7-6-14)13-12-11(5-8-18-12)15-9-16-13/h5,8-10H,3-4,6-7,14H2,1-2H3. The summed E-state index contributed by atoms with van der Waals surface area (Å²) in [6.07, 6.45) is 3.86. The maximum Gasteiger partial charge on any atom is 0.150 e. The zero-order chi connectivity index (χ0) is 13.0. The summed E-state index contributed by atoms with van der Waals surface area (Å²) in [5, 5.41) is 2.07. The van der Waals surface area contributed by atoms with Crippen LogP contribution in [0.3, 0.4) is 0 Å². The van der Waals surface area contributed by atoms with Crippen molar-refractivity contribution in [2.75, 3.05) is 18.0 Å². The summed E-state index contributed by atoms with van der Waals surface area (Å²) < 4.78 is 1.16. The number of nitrogens with zero attached hydrogens (tertiary/aromatic N) is 3. The number of aromatic nitrogens is 2. The third-order valence-electron chi connectivity index (χ3n) is 3.25. The molecule has 0 aliphatic heterocycles. The lowest BCUT2D eigenvalue weighted by atomic mass is 10.1. The van der Waals surface area contributed by atoms with Gasteiger partial charge >= 0.3 is 0 Å². The summed E-state index contributed by atoms with van der Waals surface area (Å²) >= 11 is 1.70. The largest absolute Gasteiger partial charge is 0.351 e. The fourth-order valence-corrected chi connectivity index (χ4v) is 3.16. The van der Waals surface area contributed by atoms with Crippen LogP contribution >= 0.6 is 11.3 Å². The summed E-state index contributed by atoms with van der Waals surface area (Å²) in [5.41, 5.74) is 6.78. The van der Waals surface area contributed by atoms with Gasteiger partial charge in [0.25, 0.3) is 0 Å². The number of hydrogen-bond donors (Lipinski definition) is 1. The van der Waals surface area contributed by atoms with Crippen molar-refractivity contribution in [3.05, 3.63) is 17.8 Å². The number of nitrogens with two attached hydrogens (primary N) is 1. The van der Waals surface area contributed by atoms with E-state index in [1.165, 1.54) is 0 Å². The monoisotopic (exact) mass is 264 g/mol. The van der Waals surface area contributed by atoms with Crippen LogP contribution in [0.1, 0.15) is 26.7 Å². The first-order valence-corrected chi connectivity index (χ1v) is 7.34. The third kappa shape index (κ3) is 2.47. The van der Waals surface area contributed by atoms with Crippen LogP contribution in [0.5, 0.6) is 0 Å². The number of anilines is 1. The van der Waals surface area contributed by atoms with Gasteiger partial charge in [0.15, 0.2) is 0 Å². The van der Waals surface area contributed by atoms with Crippen molar-refractivity contribution in [1.29, 1.82) is 0 Å². The highest BCUT2D eigenvalue weighted by atomic mass is 32.1. The molecule has 0 spiro atoms. The highest BCUT2D eigenvalue weighted by Crippen LogP contribution is 2.29. The zero-order valence-corrected chi connectivity index (χ0v) is 11.8. The van der Waals surface area contributed by atoms with Gasteiger partial charge in [-0.1, -0.05) is 13.8 Å². The van der Waals surface area contributed by atoms with Gasteiger partial charge in [-0.05, 0) is 24.3 Å². The Morgan fingerprint density at radius 2 is 2.11 bits per heavy atom. The van der Waals surface area contributed by atoms with Crippen molar-refractivity contribution in [2.45, 2.75) is 32.7 Å². The van der Waals surface area contributed by atoms with Gasteiger partial charge in [-0.3, -0.25) is 0 Å². The molecule has 0 aliphatic carbocycles. The van der Waals surface area contributed by atoms with Gasteiger partial charge in [-0.15, -0.1) is 11.3 Å². The minimum absolute atomic E-state index is 0.494. The maximum atomic E-state index is 5.75. The summed E-state index contributed by atoms with van der Waals surface area (Å²) in [7, 11) is 0. The lowest BCUT2D eigenvalue weighted by Crippen LogP contribution is -2.39. The normalized spacial score (nSPS) is 11.3. The Bertz CT molecular complexity index is 492. The molecule has 0 atom stereocenters. The predicted molar refractivity (Wildman–Crippen MR) is 78.2 cm³/mol. The first kappa shape index (κ1) is 13.2. The van der Waals surface area contributed by atoms with Gasteiger partial charge in [-0.2, -0.15) is 0 Å². The third-order valence-corrected chi connectivity index (χ3v) is 4.15. The molecule has 2 aromatic rings. The molecule has 4 nitrogen and oxygen atoms in total. The van der Waals surface area contributed by atoms with Crippen molar-refractivity contribution >= 4 is 27.4 Å². The quantitative estimate of drug-likeness (QED) is 0.871. The van der Waals surface area contributed by atoms with Gasteiger partial charge in [0.05, 0.1) is 10.2 Å². The van der Waals surface area contributed by atoms with Gasteiger partial charge < -0.3 is 10.6 Å². The molecule has 98 valence electrons. The molecule has 0 saturated carbocycles. The predicted octanol–water partition coefficient (Wildman–Crippen LogP) is 2.65. The van der Waals surface area contributed by atoms with E-state index in [2.05, 4.69) is 34.1 Å². The van der Waals surface area contributed by atoms with Crippen molar-refractivity contribution in [1.82, 2.24) is 9.97 Å². The van der Waals surface area contributed by atoms with Crippen LogP contribution in [0, 0.1) is 0 Å². The second-order valence-corrected chi connectivity index (χ2v) is 5.20. The summed E-state index contributed by atoms with van der Waals surface area (Å²) in [6.45, 7) is 5.92. The van der Waals surface area contributed by atoms with Crippen LogP contribution in [0.25, 0.3) is 10.2 Å². The molecule has 0 fully saturated rings. The van der Waals surface area contributed by atoms with E-state index in [4.69, 9.17) is 5.73 Å². The summed E-state index contributed by atoms with van der Waals surface area (Å²) in [4.78, 5) is 11.1. The van der Waals surface area contributed by atoms with Crippen LogP contribution in [0.4, 0.5) is 5.82 Å². The molecule has 18 heavy (non-hydrogen) atoms. The Hall–Kier alpha value is -1.20. The van der Waals surface area contributed by atoms with Crippen LogP contribution < -0.4 is 10.6 Å². The second-order valence-electron chi connectivity index (χ2n) is 4.28. The lowest BCUT2D eigenvalue weighted by molar-refractivity contribution is 0.556. The van der Waals surface area contributed by atoms with E-state index in [1.807, 2.05) is 6.07 Å². The second kappa shape index (κ2) is 6.11. The number of rotatable bonds is 6. The SMILES string of the molecule is CCC(CC)N(CCN)c1ncnc2ccsc12. The molecule has 2 aromatic heterocycles. The van der Waals surface area contributed by atoms with E-state index in [-0.39, 0.29) is 0 Å². The molecule has 0 amide bonds. The maximum absolute atomic E-state index is 5.75.